The van der Waals surface area contributed by atoms with Crippen molar-refractivity contribution in [3.8, 4) is 17.2 Å². The lowest BCUT2D eigenvalue weighted by molar-refractivity contribution is -0.127. The van der Waals surface area contributed by atoms with Crippen LogP contribution >= 0.6 is 0 Å². The molecular weight excluding hydrogens is 325 g/mol. The summed E-state index contributed by atoms with van der Waals surface area (Å²) in [6.07, 6.45) is -0.0223. The standard InChI is InChI=1S/C19H22FNO4/c1-13(25-16-7-5-15(20)6-8-16)19(22)21-11-10-14-4-9-17(23-2)18(12-14)24-3/h4-9,12-13H,10-11H2,1-3H3,(H,21,22). The Bertz CT molecular complexity index is 703. The van der Waals surface area contributed by atoms with Gasteiger partial charge in [0.15, 0.2) is 17.6 Å². The maximum Gasteiger partial charge on any atom is 0.260 e. The van der Waals surface area contributed by atoms with Crippen molar-refractivity contribution >= 4 is 5.91 Å². The summed E-state index contributed by atoms with van der Waals surface area (Å²) in [5.74, 6) is 1.18. The number of methoxy groups -OCH3 is 2. The normalized spacial score (nSPS) is 11.5. The summed E-state index contributed by atoms with van der Waals surface area (Å²) in [7, 11) is 3.16. The van der Waals surface area contributed by atoms with E-state index < -0.39 is 6.10 Å². The number of carbonyl (C=O) groups is 1. The number of rotatable bonds is 8. The summed E-state index contributed by atoms with van der Waals surface area (Å²) >= 11 is 0. The Balaban J connectivity index is 1.82. The first kappa shape index (κ1) is 18.6. The second-order valence-electron chi connectivity index (χ2n) is 5.44. The Kier molecular flexibility index (Phi) is 6.62. The van der Waals surface area contributed by atoms with Crippen molar-refractivity contribution in [3.05, 3.63) is 53.8 Å². The maximum absolute atomic E-state index is 12.9. The zero-order valence-electron chi connectivity index (χ0n) is 14.5. The molecule has 1 amide bonds. The molecule has 5 nitrogen and oxygen atoms in total. The van der Waals surface area contributed by atoms with Crippen molar-refractivity contribution in [1.29, 1.82) is 0 Å². The maximum atomic E-state index is 12.9. The molecule has 0 aliphatic carbocycles. The van der Waals surface area contributed by atoms with Gasteiger partial charge in [-0.15, -0.1) is 0 Å². The van der Waals surface area contributed by atoms with Crippen LogP contribution in [0, 0.1) is 5.82 Å². The minimum atomic E-state index is -0.670. The highest BCUT2D eigenvalue weighted by molar-refractivity contribution is 5.80. The predicted molar refractivity (Wildman–Crippen MR) is 92.7 cm³/mol. The third-order valence-electron chi connectivity index (χ3n) is 3.66. The number of benzene rings is 2. The number of hydrogen-bond donors (Lipinski definition) is 1. The predicted octanol–water partition coefficient (Wildman–Crippen LogP) is 2.97. The third kappa shape index (κ3) is 5.38. The number of amides is 1. The molecule has 0 aliphatic heterocycles. The molecule has 0 aromatic heterocycles. The fourth-order valence-corrected chi connectivity index (χ4v) is 2.28. The first-order chi connectivity index (χ1) is 12.0. The summed E-state index contributed by atoms with van der Waals surface area (Å²) in [6, 6.07) is 11.2. The van der Waals surface area contributed by atoms with Crippen LogP contribution in [0.1, 0.15) is 12.5 Å². The summed E-state index contributed by atoms with van der Waals surface area (Å²) in [6.45, 7) is 2.11. The van der Waals surface area contributed by atoms with Gasteiger partial charge in [0.25, 0.3) is 5.91 Å². The average Bonchev–Trinajstić information content (AvgIpc) is 2.63. The summed E-state index contributed by atoms with van der Waals surface area (Å²) in [5.41, 5.74) is 1.02. The molecule has 25 heavy (non-hydrogen) atoms. The van der Waals surface area contributed by atoms with Gasteiger partial charge in [0.05, 0.1) is 14.2 Å². The summed E-state index contributed by atoms with van der Waals surface area (Å²) in [4.78, 5) is 12.1. The van der Waals surface area contributed by atoms with Crippen LogP contribution in [0.5, 0.6) is 17.2 Å². The number of halogens is 1. The molecule has 0 heterocycles. The molecule has 0 radical (unpaired) electrons. The van der Waals surface area contributed by atoms with E-state index in [1.807, 2.05) is 18.2 Å². The molecule has 0 spiro atoms. The second kappa shape index (κ2) is 8.92. The van der Waals surface area contributed by atoms with Gasteiger partial charge in [0.1, 0.15) is 11.6 Å². The smallest absolute Gasteiger partial charge is 0.260 e. The Morgan fingerprint density at radius 3 is 2.40 bits per heavy atom. The highest BCUT2D eigenvalue weighted by Crippen LogP contribution is 2.27. The van der Waals surface area contributed by atoms with Crippen LogP contribution < -0.4 is 19.5 Å². The molecule has 0 fully saturated rings. The van der Waals surface area contributed by atoms with Gasteiger partial charge in [-0.2, -0.15) is 0 Å². The van der Waals surface area contributed by atoms with Gasteiger partial charge < -0.3 is 19.5 Å². The van der Waals surface area contributed by atoms with E-state index in [0.717, 1.165) is 5.56 Å². The molecule has 1 N–H and O–H groups in total. The van der Waals surface area contributed by atoms with Gasteiger partial charge in [-0.1, -0.05) is 6.07 Å². The lowest BCUT2D eigenvalue weighted by atomic mass is 10.1. The fraction of sp³-hybridized carbons (Fsp3) is 0.316. The van der Waals surface area contributed by atoms with E-state index in [4.69, 9.17) is 14.2 Å². The number of hydrogen-bond acceptors (Lipinski definition) is 4. The van der Waals surface area contributed by atoms with E-state index in [2.05, 4.69) is 5.32 Å². The molecule has 0 bridgehead atoms. The van der Waals surface area contributed by atoms with E-state index in [0.29, 0.717) is 30.2 Å². The third-order valence-corrected chi connectivity index (χ3v) is 3.66. The van der Waals surface area contributed by atoms with E-state index in [9.17, 15) is 9.18 Å². The number of ether oxygens (including phenoxy) is 3. The van der Waals surface area contributed by atoms with Crippen LogP contribution in [-0.4, -0.2) is 32.8 Å². The molecule has 134 valence electrons. The van der Waals surface area contributed by atoms with Crippen LogP contribution in [-0.2, 0) is 11.2 Å². The summed E-state index contributed by atoms with van der Waals surface area (Å²) < 4.78 is 28.8. The van der Waals surface area contributed by atoms with Crippen molar-refractivity contribution in [1.82, 2.24) is 5.32 Å². The van der Waals surface area contributed by atoms with Gasteiger partial charge >= 0.3 is 0 Å². The number of nitrogens with one attached hydrogen (secondary N) is 1. The number of carbonyl (C=O) groups excluding carboxylic acids is 1. The Morgan fingerprint density at radius 2 is 1.76 bits per heavy atom. The van der Waals surface area contributed by atoms with Crippen LogP contribution in [0.4, 0.5) is 4.39 Å². The van der Waals surface area contributed by atoms with Crippen molar-refractivity contribution in [2.24, 2.45) is 0 Å². The van der Waals surface area contributed by atoms with Crippen LogP contribution in [0.15, 0.2) is 42.5 Å². The minimum absolute atomic E-state index is 0.232. The van der Waals surface area contributed by atoms with Gasteiger partial charge in [-0.25, -0.2) is 4.39 Å². The van der Waals surface area contributed by atoms with E-state index >= 15 is 0 Å². The van der Waals surface area contributed by atoms with Crippen molar-refractivity contribution in [2.45, 2.75) is 19.4 Å². The van der Waals surface area contributed by atoms with Crippen LogP contribution in [0.2, 0.25) is 0 Å². The Labute approximate surface area is 146 Å². The quantitative estimate of drug-likeness (QED) is 0.798. The van der Waals surface area contributed by atoms with Gasteiger partial charge in [0.2, 0.25) is 0 Å². The zero-order valence-corrected chi connectivity index (χ0v) is 14.5. The molecule has 0 aliphatic rings. The summed E-state index contributed by atoms with van der Waals surface area (Å²) in [5, 5.41) is 2.82. The first-order valence-electron chi connectivity index (χ1n) is 7.94. The highest BCUT2D eigenvalue weighted by atomic mass is 19.1. The lowest BCUT2D eigenvalue weighted by Crippen LogP contribution is -2.37. The monoisotopic (exact) mass is 347 g/mol. The van der Waals surface area contributed by atoms with Gasteiger partial charge in [-0.3, -0.25) is 4.79 Å². The van der Waals surface area contributed by atoms with Crippen molar-refractivity contribution in [3.63, 3.8) is 0 Å². The molecular formula is C19H22FNO4. The molecule has 1 atom stereocenters. The van der Waals surface area contributed by atoms with Crippen molar-refractivity contribution < 1.29 is 23.4 Å². The average molecular weight is 347 g/mol. The largest absolute Gasteiger partial charge is 0.493 e. The molecule has 0 saturated heterocycles. The second-order valence-corrected chi connectivity index (χ2v) is 5.44. The molecule has 2 aromatic carbocycles. The van der Waals surface area contributed by atoms with E-state index in [-0.39, 0.29) is 11.7 Å². The molecule has 6 heteroatoms. The molecule has 1 unspecified atom stereocenters. The molecule has 2 aromatic rings. The van der Waals surface area contributed by atoms with E-state index in [1.54, 1.807) is 21.1 Å². The van der Waals surface area contributed by atoms with Crippen molar-refractivity contribution in [2.75, 3.05) is 20.8 Å². The van der Waals surface area contributed by atoms with E-state index in [1.165, 1.54) is 24.3 Å². The topological polar surface area (TPSA) is 56.8 Å². The first-order valence-corrected chi connectivity index (χ1v) is 7.94. The lowest BCUT2D eigenvalue weighted by Gasteiger charge is -2.15. The van der Waals surface area contributed by atoms with Crippen LogP contribution in [0.25, 0.3) is 0 Å². The highest BCUT2D eigenvalue weighted by Gasteiger charge is 2.14. The Hall–Kier alpha value is -2.76. The Morgan fingerprint density at radius 1 is 1.08 bits per heavy atom. The zero-order chi connectivity index (χ0) is 18.2. The fourth-order valence-electron chi connectivity index (χ4n) is 2.28. The van der Waals surface area contributed by atoms with Gasteiger partial charge in [-0.05, 0) is 55.3 Å². The van der Waals surface area contributed by atoms with Crippen LogP contribution in [0.3, 0.4) is 0 Å². The SMILES string of the molecule is COc1ccc(CCNC(=O)C(C)Oc2ccc(F)cc2)cc1OC. The minimum Gasteiger partial charge on any atom is -0.493 e. The molecule has 2 rings (SSSR count). The van der Waals surface area contributed by atoms with Gasteiger partial charge in [0, 0.05) is 6.54 Å². The molecule has 0 saturated carbocycles.